The summed E-state index contributed by atoms with van der Waals surface area (Å²) < 4.78 is 101. The van der Waals surface area contributed by atoms with Crippen LogP contribution in [0, 0.1) is 5.82 Å². The van der Waals surface area contributed by atoms with E-state index in [4.69, 9.17) is 4.74 Å². The van der Waals surface area contributed by atoms with Gasteiger partial charge in [-0.15, -0.1) is 0 Å². The molecular formula is C28H31F7N4O. The van der Waals surface area contributed by atoms with E-state index in [1.165, 1.54) is 29.2 Å². The molecule has 1 unspecified atom stereocenters. The third kappa shape index (κ3) is 6.02. The highest BCUT2D eigenvalue weighted by atomic mass is 19.4. The molecule has 3 aromatic rings. The molecule has 2 aliphatic rings. The van der Waals surface area contributed by atoms with Gasteiger partial charge in [-0.3, -0.25) is 9.29 Å². The zero-order valence-electron chi connectivity index (χ0n) is 21.9. The Kier molecular flexibility index (Phi) is 8.19. The van der Waals surface area contributed by atoms with Crippen LogP contribution in [0.5, 0.6) is 5.75 Å². The molecule has 12 heteroatoms. The number of hydrogen-bond donors (Lipinski definition) is 2. The van der Waals surface area contributed by atoms with Crippen molar-refractivity contribution in [1.82, 2.24) is 14.8 Å². The first-order valence-corrected chi connectivity index (χ1v) is 13.3. The number of aromatic nitrogens is 1. The van der Waals surface area contributed by atoms with Crippen molar-refractivity contribution < 1.29 is 35.5 Å². The molecule has 1 saturated heterocycles. The molecule has 40 heavy (non-hydrogen) atoms. The van der Waals surface area contributed by atoms with E-state index in [0.717, 1.165) is 13.0 Å². The number of halogens is 7. The Bertz CT molecular complexity index is 1330. The number of benzene rings is 2. The lowest BCUT2D eigenvalue weighted by Crippen LogP contribution is -2.47. The highest BCUT2D eigenvalue weighted by molar-refractivity contribution is 5.86. The molecule has 2 aromatic carbocycles. The molecule has 0 aliphatic carbocycles. The molecule has 2 aliphatic heterocycles. The first-order chi connectivity index (χ1) is 19.0. The first kappa shape index (κ1) is 28.5. The number of ether oxygens (including phenoxy) is 1. The van der Waals surface area contributed by atoms with E-state index in [0.29, 0.717) is 41.8 Å². The lowest BCUT2D eigenvalue weighted by Gasteiger charge is -2.41. The van der Waals surface area contributed by atoms with Gasteiger partial charge in [-0.05, 0) is 43.9 Å². The van der Waals surface area contributed by atoms with Crippen molar-refractivity contribution >= 4 is 16.6 Å². The number of anilines is 1. The summed E-state index contributed by atoms with van der Waals surface area (Å²) in [5.41, 5.74) is 1.72. The molecule has 0 bridgehead atoms. The van der Waals surface area contributed by atoms with E-state index in [-0.39, 0.29) is 29.3 Å². The lowest BCUT2D eigenvalue weighted by atomic mass is 9.88. The normalized spacial score (nSPS) is 22.3. The maximum atomic E-state index is 14.7. The molecule has 2 N–H and O–H groups in total. The fourth-order valence-corrected chi connectivity index (χ4v) is 6.05. The second-order valence-electron chi connectivity index (χ2n) is 10.5. The average Bonchev–Trinajstić information content (AvgIpc) is 3.48. The van der Waals surface area contributed by atoms with E-state index in [2.05, 4.69) is 15.2 Å². The fourth-order valence-electron chi connectivity index (χ4n) is 6.05. The number of alkyl halides is 6. The third-order valence-electron chi connectivity index (χ3n) is 7.73. The Morgan fingerprint density at radius 1 is 1.18 bits per heavy atom. The minimum atomic E-state index is -4.57. The van der Waals surface area contributed by atoms with Crippen LogP contribution in [0.1, 0.15) is 42.6 Å². The van der Waals surface area contributed by atoms with Gasteiger partial charge in [0.1, 0.15) is 11.6 Å². The second-order valence-corrected chi connectivity index (χ2v) is 10.5. The smallest absolute Gasteiger partial charge is 0.401 e. The molecule has 0 amide bonds. The Morgan fingerprint density at radius 2 is 1.98 bits per heavy atom. The van der Waals surface area contributed by atoms with Gasteiger partial charge in [-0.25, -0.2) is 4.39 Å². The molecule has 5 rings (SSSR count). The monoisotopic (exact) mass is 572 g/mol. The number of likely N-dealkylation sites (tertiary alicyclic amines) is 1. The quantitative estimate of drug-likeness (QED) is 0.282. The molecular weight excluding hydrogens is 541 g/mol. The molecule has 0 saturated carbocycles. The summed E-state index contributed by atoms with van der Waals surface area (Å²) in [4.78, 5) is 6.27. The Balaban J connectivity index is 1.55. The van der Waals surface area contributed by atoms with Gasteiger partial charge < -0.3 is 19.9 Å². The Hall–Kier alpha value is -2.99. The predicted molar refractivity (Wildman–Crippen MR) is 138 cm³/mol. The van der Waals surface area contributed by atoms with Crippen molar-refractivity contribution in [2.45, 2.75) is 57.1 Å². The van der Waals surface area contributed by atoms with Crippen LogP contribution in [-0.2, 0) is 6.42 Å². The number of para-hydroxylation sites is 1. The van der Waals surface area contributed by atoms with Crippen LogP contribution in [0.15, 0.2) is 36.4 Å². The van der Waals surface area contributed by atoms with Gasteiger partial charge in [0, 0.05) is 60.1 Å². The SMILES string of the molecule is C[C@@H]1Cc2c([nH]c3c(F)cccc23)C(c2ccc(N[C@@H]3CCN(CCCF)C3)cc2OC(F)F)N1CC(F)(F)F. The van der Waals surface area contributed by atoms with E-state index in [9.17, 15) is 30.7 Å². The van der Waals surface area contributed by atoms with Crippen molar-refractivity contribution in [2.24, 2.45) is 0 Å². The number of nitrogens with one attached hydrogen (secondary N) is 2. The predicted octanol–water partition coefficient (Wildman–Crippen LogP) is 6.65. The highest BCUT2D eigenvalue weighted by Gasteiger charge is 2.43. The molecule has 3 atom stereocenters. The van der Waals surface area contributed by atoms with E-state index in [1.807, 2.05) is 0 Å². The first-order valence-electron chi connectivity index (χ1n) is 13.3. The topological polar surface area (TPSA) is 43.5 Å². The summed E-state index contributed by atoms with van der Waals surface area (Å²) >= 11 is 0. The third-order valence-corrected chi connectivity index (χ3v) is 7.73. The molecule has 0 radical (unpaired) electrons. The summed E-state index contributed by atoms with van der Waals surface area (Å²) in [6.07, 6.45) is -3.15. The summed E-state index contributed by atoms with van der Waals surface area (Å²) in [5.74, 6) is -0.815. The number of aromatic amines is 1. The molecule has 5 nitrogen and oxygen atoms in total. The van der Waals surface area contributed by atoms with Crippen LogP contribution in [0.2, 0.25) is 0 Å². The van der Waals surface area contributed by atoms with E-state index >= 15 is 0 Å². The zero-order chi connectivity index (χ0) is 28.6. The van der Waals surface area contributed by atoms with Crippen molar-refractivity contribution in [2.75, 3.05) is 38.2 Å². The minimum Gasteiger partial charge on any atom is -0.434 e. The Morgan fingerprint density at radius 3 is 2.70 bits per heavy atom. The molecule has 1 fully saturated rings. The van der Waals surface area contributed by atoms with E-state index < -0.39 is 43.9 Å². The van der Waals surface area contributed by atoms with Gasteiger partial charge in [-0.2, -0.15) is 22.0 Å². The van der Waals surface area contributed by atoms with Gasteiger partial charge in [0.2, 0.25) is 0 Å². The summed E-state index contributed by atoms with van der Waals surface area (Å²) in [6, 6.07) is 7.19. The van der Waals surface area contributed by atoms with Crippen LogP contribution in [0.25, 0.3) is 10.9 Å². The van der Waals surface area contributed by atoms with E-state index in [1.54, 1.807) is 19.1 Å². The lowest BCUT2D eigenvalue weighted by molar-refractivity contribution is -0.155. The van der Waals surface area contributed by atoms with Crippen LogP contribution in [0.4, 0.5) is 36.4 Å². The van der Waals surface area contributed by atoms with Crippen molar-refractivity contribution in [3.05, 3.63) is 59.0 Å². The number of hydrogen-bond acceptors (Lipinski definition) is 4. The summed E-state index contributed by atoms with van der Waals surface area (Å²) in [7, 11) is 0. The molecule has 0 spiro atoms. The average molecular weight is 573 g/mol. The van der Waals surface area contributed by atoms with Gasteiger partial charge in [0.15, 0.2) is 0 Å². The van der Waals surface area contributed by atoms with Crippen LogP contribution in [-0.4, -0.2) is 72.5 Å². The summed E-state index contributed by atoms with van der Waals surface area (Å²) in [6.45, 7) is -1.23. The molecule has 3 heterocycles. The Labute approximate surface area is 227 Å². The van der Waals surface area contributed by atoms with Gasteiger partial charge >= 0.3 is 12.8 Å². The fraction of sp³-hybridized carbons (Fsp3) is 0.500. The second kappa shape index (κ2) is 11.5. The van der Waals surface area contributed by atoms with Crippen LogP contribution >= 0.6 is 0 Å². The van der Waals surface area contributed by atoms with Crippen molar-refractivity contribution in [1.29, 1.82) is 0 Å². The molecule has 218 valence electrons. The van der Waals surface area contributed by atoms with Gasteiger partial charge in [-0.1, -0.05) is 18.2 Å². The number of nitrogens with zero attached hydrogens (tertiary/aromatic N) is 2. The van der Waals surface area contributed by atoms with Crippen molar-refractivity contribution in [3.63, 3.8) is 0 Å². The number of H-pyrrole nitrogens is 1. The largest absolute Gasteiger partial charge is 0.434 e. The zero-order valence-corrected chi connectivity index (χ0v) is 21.9. The van der Waals surface area contributed by atoms with Crippen LogP contribution in [0.3, 0.4) is 0 Å². The molecule has 1 aromatic heterocycles. The number of fused-ring (bicyclic) bond motifs is 3. The minimum absolute atomic E-state index is 0.00965. The van der Waals surface area contributed by atoms with Gasteiger partial charge in [0.25, 0.3) is 0 Å². The maximum Gasteiger partial charge on any atom is 0.401 e. The maximum absolute atomic E-state index is 14.7. The highest BCUT2D eigenvalue weighted by Crippen LogP contribution is 2.45. The van der Waals surface area contributed by atoms with Crippen LogP contribution < -0.4 is 10.1 Å². The summed E-state index contributed by atoms with van der Waals surface area (Å²) in [5, 5.41) is 3.83. The standard InChI is InChI=1S/C28H31F7N4O/c1-16-12-21-19-4-2-5-22(30)24(19)37-25(21)26(39(16)15-28(33,34)35)20-7-6-17(13-23(20)40-27(31)32)36-18-8-11-38(14-18)10-3-9-29/h2,4-7,13,16,18,26-27,36-37H,3,8-12,14-15H2,1H3/t16-,18-,26?/m1/s1. The van der Waals surface area contributed by atoms with Gasteiger partial charge in [0.05, 0.1) is 24.8 Å². The number of rotatable bonds is 9. The van der Waals surface area contributed by atoms with Crippen molar-refractivity contribution in [3.8, 4) is 5.75 Å².